The van der Waals surface area contributed by atoms with Gasteiger partial charge in [-0.3, -0.25) is 4.79 Å². The second-order valence-corrected chi connectivity index (χ2v) is 5.38. The normalized spacial score (nSPS) is 22.5. The van der Waals surface area contributed by atoms with Crippen LogP contribution in [0.5, 0.6) is 0 Å². The summed E-state index contributed by atoms with van der Waals surface area (Å²) in [5.74, 6) is 0.0619. The van der Waals surface area contributed by atoms with E-state index in [1.807, 2.05) is 0 Å². The number of carbonyl (C=O) groups excluding carboxylic acids is 1. The lowest BCUT2D eigenvalue weighted by Gasteiger charge is -2.29. The summed E-state index contributed by atoms with van der Waals surface area (Å²) in [6.07, 6.45) is 3.56. The summed E-state index contributed by atoms with van der Waals surface area (Å²) >= 11 is 1.66. The molecular formula is C11H19NO3S. The van der Waals surface area contributed by atoms with Gasteiger partial charge in [0.2, 0.25) is 5.91 Å². The van der Waals surface area contributed by atoms with Crippen LogP contribution >= 0.6 is 11.8 Å². The van der Waals surface area contributed by atoms with E-state index in [0.29, 0.717) is 6.42 Å². The molecule has 1 aliphatic heterocycles. The van der Waals surface area contributed by atoms with Crippen LogP contribution in [0.25, 0.3) is 0 Å². The van der Waals surface area contributed by atoms with Crippen molar-refractivity contribution in [3.63, 3.8) is 0 Å². The molecule has 5 heteroatoms. The second kappa shape index (κ2) is 6.13. The van der Waals surface area contributed by atoms with Crippen molar-refractivity contribution in [2.24, 2.45) is 0 Å². The van der Waals surface area contributed by atoms with Crippen molar-refractivity contribution in [2.75, 3.05) is 12.8 Å². The van der Waals surface area contributed by atoms with Crippen LogP contribution in [0.3, 0.4) is 0 Å². The number of likely N-dealkylation sites (N-methyl/N-ethyl adjacent to an activating group) is 1. The third-order valence-corrected chi connectivity index (χ3v) is 4.31. The lowest BCUT2D eigenvalue weighted by Crippen LogP contribution is -2.46. The van der Waals surface area contributed by atoms with E-state index < -0.39 is 12.0 Å². The summed E-state index contributed by atoms with van der Waals surface area (Å²) in [5, 5.41) is 8.96. The number of carboxylic acid groups (broad SMARTS) is 1. The molecule has 1 N–H and O–H groups in total. The summed E-state index contributed by atoms with van der Waals surface area (Å²) < 4.78 is 0. The first-order valence-electron chi connectivity index (χ1n) is 5.69. The SMILES string of the molecule is CCC(C(=O)O)N(C)C(=O)C1CCCCS1. The van der Waals surface area contributed by atoms with Gasteiger partial charge in [0.1, 0.15) is 6.04 Å². The van der Waals surface area contributed by atoms with Crippen LogP contribution in [0.4, 0.5) is 0 Å². The van der Waals surface area contributed by atoms with E-state index in [0.717, 1.165) is 25.0 Å². The standard InChI is InChI=1S/C11H19NO3S/c1-3-8(11(14)15)12(2)10(13)9-6-4-5-7-16-9/h8-9H,3-7H2,1-2H3,(H,14,15). The van der Waals surface area contributed by atoms with E-state index in [1.54, 1.807) is 25.7 Å². The van der Waals surface area contributed by atoms with E-state index in [2.05, 4.69) is 0 Å². The quantitative estimate of drug-likeness (QED) is 0.817. The maximum atomic E-state index is 12.0. The zero-order valence-electron chi connectivity index (χ0n) is 9.81. The molecule has 1 aliphatic rings. The van der Waals surface area contributed by atoms with Crippen LogP contribution < -0.4 is 0 Å². The second-order valence-electron chi connectivity index (χ2n) is 4.07. The maximum absolute atomic E-state index is 12.0. The molecule has 0 radical (unpaired) electrons. The fraction of sp³-hybridized carbons (Fsp3) is 0.818. The maximum Gasteiger partial charge on any atom is 0.326 e. The van der Waals surface area contributed by atoms with Crippen molar-refractivity contribution in [3.05, 3.63) is 0 Å². The summed E-state index contributed by atoms with van der Waals surface area (Å²) in [6, 6.07) is -0.685. The van der Waals surface area contributed by atoms with E-state index in [9.17, 15) is 9.59 Å². The molecule has 1 rings (SSSR count). The van der Waals surface area contributed by atoms with Crippen molar-refractivity contribution in [2.45, 2.75) is 43.9 Å². The summed E-state index contributed by atoms with van der Waals surface area (Å²) in [5.41, 5.74) is 0. The Bertz CT molecular complexity index is 264. The van der Waals surface area contributed by atoms with Gasteiger partial charge in [0.05, 0.1) is 5.25 Å². The fourth-order valence-electron chi connectivity index (χ4n) is 1.93. The molecule has 16 heavy (non-hydrogen) atoms. The van der Waals surface area contributed by atoms with Gasteiger partial charge in [-0.2, -0.15) is 0 Å². The van der Waals surface area contributed by atoms with Crippen LogP contribution in [0.15, 0.2) is 0 Å². The molecule has 2 atom stereocenters. The van der Waals surface area contributed by atoms with Crippen LogP contribution in [-0.2, 0) is 9.59 Å². The van der Waals surface area contributed by atoms with Gasteiger partial charge in [0, 0.05) is 7.05 Å². The molecule has 0 aliphatic carbocycles. The number of rotatable bonds is 4. The number of aliphatic carboxylic acids is 1. The van der Waals surface area contributed by atoms with Crippen molar-refractivity contribution in [1.82, 2.24) is 4.90 Å². The first kappa shape index (κ1) is 13.4. The minimum atomic E-state index is -0.917. The Morgan fingerprint density at radius 3 is 2.62 bits per heavy atom. The van der Waals surface area contributed by atoms with Crippen LogP contribution in [0.2, 0.25) is 0 Å². The van der Waals surface area contributed by atoms with Crippen molar-refractivity contribution >= 4 is 23.6 Å². The molecule has 4 nitrogen and oxygen atoms in total. The predicted octanol–water partition coefficient (Wildman–Crippen LogP) is 1.59. The zero-order chi connectivity index (χ0) is 12.1. The molecule has 1 fully saturated rings. The van der Waals surface area contributed by atoms with Crippen LogP contribution in [0.1, 0.15) is 32.6 Å². The smallest absolute Gasteiger partial charge is 0.326 e. The molecule has 1 amide bonds. The molecule has 0 spiro atoms. The lowest BCUT2D eigenvalue weighted by molar-refractivity contribution is -0.149. The summed E-state index contributed by atoms with van der Waals surface area (Å²) in [7, 11) is 1.60. The van der Waals surface area contributed by atoms with E-state index in [-0.39, 0.29) is 11.2 Å². The highest BCUT2D eigenvalue weighted by Crippen LogP contribution is 2.27. The van der Waals surface area contributed by atoms with Crippen molar-refractivity contribution in [3.8, 4) is 0 Å². The molecule has 0 aromatic rings. The van der Waals surface area contributed by atoms with E-state index >= 15 is 0 Å². The van der Waals surface area contributed by atoms with Gasteiger partial charge in [-0.15, -0.1) is 11.8 Å². The number of hydrogen-bond donors (Lipinski definition) is 1. The van der Waals surface area contributed by atoms with Crippen molar-refractivity contribution in [1.29, 1.82) is 0 Å². The highest BCUT2D eigenvalue weighted by atomic mass is 32.2. The predicted molar refractivity (Wildman–Crippen MR) is 64.6 cm³/mol. The van der Waals surface area contributed by atoms with Gasteiger partial charge >= 0.3 is 5.97 Å². The molecule has 1 heterocycles. The molecular weight excluding hydrogens is 226 g/mol. The number of amides is 1. The molecule has 0 aromatic heterocycles. The monoisotopic (exact) mass is 245 g/mol. The first-order valence-corrected chi connectivity index (χ1v) is 6.73. The number of nitrogens with zero attached hydrogens (tertiary/aromatic N) is 1. The van der Waals surface area contributed by atoms with Gasteiger partial charge in [0.15, 0.2) is 0 Å². The van der Waals surface area contributed by atoms with Gasteiger partial charge in [-0.1, -0.05) is 13.3 Å². The molecule has 1 saturated heterocycles. The molecule has 0 saturated carbocycles. The number of carboxylic acids is 1. The van der Waals surface area contributed by atoms with Gasteiger partial charge in [-0.05, 0) is 25.0 Å². The third kappa shape index (κ3) is 3.14. The fourth-order valence-corrected chi connectivity index (χ4v) is 3.23. The highest BCUT2D eigenvalue weighted by Gasteiger charge is 2.30. The van der Waals surface area contributed by atoms with E-state index in [4.69, 9.17) is 5.11 Å². The topological polar surface area (TPSA) is 57.6 Å². The lowest BCUT2D eigenvalue weighted by atomic mass is 10.1. The molecule has 92 valence electrons. The average molecular weight is 245 g/mol. The Morgan fingerprint density at radius 1 is 1.50 bits per heavy atom. The third-order valence-electron chi connectivity index (χ3n) is 2.94. The Balaban J connectivity index is 2.60. The molecule has 2 unspecified atom stereocenters. The summed E-state index contributed by atoms with van der Waals surface area (Å²) in [4.78, 5) is 24.4. The Kier molecular flexibility index (Phi) is 5.12. The van der Waals surface area contributed by atoms with Gasteiger partial charge < -0.3 is 10.0 Å². The average Bonchev–Trinajstić information content (AvgIpc) is 2.29. The minimum absolute atomic E-state index is 0.0287. The highest BCUT2D eigenvalue weighted by molar-refractivity contribution is 8.00. The Hall–Kier alpha value is -0.710. The minimum Gasteiger partial charge on any atom is -0.480 e. The summed E-state index contributed by atoms with van der Waals surface area (Å²) in [6.45, 7) is 1.79. The van der Waals surface area contributed by atoms with Gasteiger partial charge in [0.25, 0.3) is 0 Å². The van der Waals surface area contributed by atoms with Crippen LogP contribution in [-0.4, -0.2) is 46.0 Å². The Morgan fingerprint density at radius 2 is 2.19 bits per heavy atom. The molecule has 0 aromatic carbocycles. The first-order chi connectivity index (χ1) is 7.57. The Labute approximate surface area is 100 Å². The van der Waals surface area contributed by atoms with Crippen LogP contribution in [0, 0.1) is 0 Å². The largest absolute Gasteiger partial charge is 0.480 e. The van der Waals surface area contributed by atoms with E-state index in [1.165, 1.54) is 4.90 Å². The number of thioether (sulfide) groups is 1. The zero-order valence-corrected chi connectivity index (χ0v) is 10.6. The number of carbonyl (C=O) groups is 2. The number of hydrogen-bond acceptors (Lipinski definition) is 3. The molecule has 0 bridgehead atoms. The van der Waals surface area contributed by atoms with Crippen molar-refractivity contribution < 1.29 is 14.7 Å². The van der Waals surface area contributed by atoms with Gasteiger partial charge in [-0.25, -0.2) is 4.79 Å².